The van der Waals surface area contributed by atoms with Gasteiger partial charge >= 0.3 is 6.18 Å². The number of fused-ring (bicyclic) bond motifs is 1. The maximum atomic E-state index is 14.4. The third kappa shape index (κ3) is 6.06. The fourth-order valence-electron chi connectivity index (χ4n) is 5.34. The Morgan fingerprint density at radius 1 is 1.26 bits per heavy atom. The second kappa shape index (κ2) is 10.4. The molecule has 1 aromatic heterocycles. The molecule has 204 valence electrons. The zero-order valence-corrected chi connectivity index (χ0v) is 22.1. The highest BCUT2D eigenvalue weighted by molar-refractivity contribution is 6.35. The molecule has 0 aliphatic heterocycles. The maximum absolute atomic E-state index is 14.4. The molecule has 2 aliphatic rings. The number of hydrogen-bond donors (Lipinski definition) is 2. The highest BCUT2D eigenvalue weighted by Crippen LogP contribution is 2.43. The van der Waals surface area contributed by atoms with Gasteiger partial charge in [-0.15, -0.1) is 0 Å². The van der Waals surface area contributed by atoms with Crippen LogP contribution >= 0.6 is 11.6 Å². The summed E-state index contributed by atoms with van der Waals surface area (Å²) in [4.78, 5) is 42.0. The standard InChI is InChI=1S/C28H31ClF3N3O3/c1-26(2)9-8-18(23(37)14-26)13-27(15-33,28(30,31)32)35-25(38)19(10-16-6-7-16)12-22(36)21-11-17-4-3-5-20(29)24(17)34-21/h3-5,11,16,18-19,34H,6-10,12-14H2,1-2H3,(H,35,38)/t18-,19+,27-/m0/s1. The van der Waals surface area contributed by atoms with Crippen LogP contribution in [0.3, 0.4) is 0 Å². The number of rotatable bonds is 9. The number of halogens is 4. The Balaban J connectivity index is 1.55. The molecule has 10 heteroatoms. The minimum Gasteiger partial charge on any atom is -0.351 e. The van der Waals surface area contributed by atoms with Gasteiger partial charge < -0.3 is 10.3 Å². The molecule has 4 rings (SSSR count). The first-order valence-corrected chi connectivity index (χ1v) is 13.2. The van der Waals surface area contributed by atoms with E-state index in [-0.39, 0.29) is 48.5 Å². The van der Waals surface area contributed by atoms with Gasteiger partial charge in [0.15, 0.2) is 5.78 Å². The minimum atomic E-state index is -5.10. The van der Waals surface area contributed by atoms with Gasteiger partial charge in [0.1, 0.15) is 11.9 Å². The van der Waals surface area contributed by atoms with E-state index in [0.717, 1.165) is 12.8 Å². The molecular weight excluding hydrogens is 519 g/mol. The Morgan fingerprint density at radius 3 is 2.55 bits per heavy atom. The van der Waals surface area contributed by atoms with Crippen molar-refractivity contribution in [2.75, 3.05) is 0 Å². The molecule has 0 radical (unpaired) electrons. The number of Topliss-reactive ketones (excluding diaryl/α,β-unsaturated/α-hetero) is 2. The molecule has 0 spiro atoms. The lowest BCUT2D eigenvalue weighted by Crippen LogP contribution is -2.60. The predicted octanol–water partition coefficient (Wildman–Crippen LogP) is 6.54. The number of carbonyl (C=O) groups is 3. The van der Waals surface area contributed by atoms with Gasteiger partial charge in [0.05, 0.1) is 16.2 Å². The summed E-state index contributed by atoms with van der Waals surface area (Å²) in [5.74, 6) is -3.65. The summed E-state index contributed by atoms with van der Waals surface area (Å²) >= 11 is 6.18. The van der Waals surface area contributed by atoms with Crippen molar-refractivity contribution in [1.82, 2.24) is 10.3 Å². The van der Waals surface area contributed by atoms with Gasteiger partial charge in [-0.1, -0.05) is 50.4 Å². The van der Waals surface area contributed by atoms with E-state index >= 15 is 0 Å². The number of aromatic nitrogens is 1. The van der Waals surface area contributed by atoms with Crippen LogP contribution in [0.1, 0.15) is 75.7 Å². The Morgan fingerprint density at radius 2 is 1.97 bits per heavy atom. The van der Waals surface area contributed by atoms with Gasteiger partial charge in [-0.25, -0.2) is 0 Å². The van der Waals surface area contributed by atoms with Gasteiger partial charge in [0.25, 0.3) is 0 Å². The molecule has 3 atom stereocenters. The van der Waals surface area contributed by atoms with E-state index in [1.807, 2.05) is 19.2 Å². The molecule has 2 fully saturated rings. The zero-order chi connectivity index (χ0) is 27.9. The largest absolute Gasteiger partial charge is 0.425 e. The van der Waals surface area contributed by atoms with E-state index in [4.69, 9.17) is 11.6 Å². The first kappa shape index (κ1) is 28.2. The summed E-state index contributed by atoms with van der Waals surface area (Å²) in [7, 11) is 0. The number of aromatic amines is 1. The van der Waals surface area contributed by atoms with Crippen molar-refractivity contribution in [3.63, 3.8) is 0 Å². The molecule has 0 saturated heterocycles. The Kier molecular flexibility index (Phi) is 7.68. The lowest BCUT2D eigenvalue weighted by Gasteiger charge is -2.38. The minimum absolute atomic E-state index is 0.123. The van der Waals surface area contributed by atoms with Gasteiger partial charge in [0.2, 0.25) is 11.4 Å². The number of amides is 1. The fourth-order valence-corrected chi connectivity index (χ4v) is 5.57. The van der Waals surface area contributed by atoms with E-state index in [2.05, 4.69) is 4.98 Å². The smallest absolute Gasteiger partial charge is 0.351 e. The van der Waals surface area contributed by atoms with Crippen LogP contribution in [0.2, 0.25) is 5.02 Å². The number of hydrogen-bond acceptors (Lipinski definition) is 4. The van der Waals surface area contributed by atoms with Crippen LogP contribution in [0.4, 0.5) is 13.2 Å². The van der Waals surface area contributed by atoms with E-state index in [1.54, 1.807) is 24.3 Å². The van der Waals surface area contributed by atoms with Crippen molar-refractivity contribution in [1.29, 1.82) is 5.26 Å². The van der Waals surface area contributed by atoms with Crippen molar-refractivity contribution < 1.29 is 27.6 Å². The van der Waals surface area contributed by atoms with E-state index in [0.29, 0.717) is 22.3 Å². The normalized spacial score (nSPS) is 21.9. The van der Waals surface area contributed by atoms with Crippen molar-refractivity contribution in [2.24, 2.45) is 23.2 Å². The molecule has 1 aromatic carbocycles. The second-order valence-electron chi connectivity index (χ2n) is 11.6. The van der Waals surface area contributed by atoms with Gasteiger partial charge in [-0.3, -0.25) is 14.4 Å². The fraction of sp³-hybridized carbons (Fsp3) is 0.571. The average Bonchev–Trinajstić information content (AvgIpc) is 3.53. The number of nitrogens with one attached hydrogen (secondary N) is 2. The topological polar surface area (TPSA) is 103 Å². The molecule has 2 aromatic rings. The summed E-state index contributed by atoms with van der Waals surface area (Å²) in [6, 6.07) is 8.05. The maximum Gasteiger partial charge on any atom is 0.425 e. The van der Waals surface area contributed by atoms with Gasteiger partial charge in [0, 0.05) is 36.5 Å². The van der Waals surface area contributed by atoms with E-state index in [9.17, 15) is 32.8 Å². The lowest BCUT2D eigenvalue weighted by molar-refractivity contribution is -0.188. The number of carbonyl (C=O) groups excluding carboxylic acids is 3. The average molecular weight is 550 g/mol. The van der Waals surface area contributed by atoms with Crippen LogP contribution < -0.4 is 5.32 Å². The van der Waals surface area contributed by atoms with Crippen molar-refractivity contribution >= 4 is 40.0 Å². The van der Waals surface area contributed by atoms with Crippen molar-refractivity contribution in [3.05, 3.63) is 35.0 Å². The third-order valence-electron chi connectivity index (χ3n) is 7.86. The Bertz CT molecular complexity index is 1290. The molecule has 1 heterocycles. The van der Waals surface area contributed by atoms with Crippen LogP contribution in [0.5, 0.6) is 0 Å². The second-order valence-corrected chi connectivity index (χ2v) is 12.0. The summed E-state index contributed by atoms with van der Waals surface area (Å²) in [5.41, 5.74) is -2.76. The molecule has 38 heavy (non-hydrogen) atoms. The first-order valence-electron chi connectivity index (χ1n) is 12.9. The SMILES string of the molecule is CC1(C)CC[C@@H](C[C@@](C#N)(NC(=O)[C@@H](CC(=O)c2cc3cccc(Cl)c3[nH]2)CC2CC2)C(F)(F)F)C(=O)C1. The van der Waals surface area contributed by atoms with E-state index in [1.165, 1.54) is 6.07 Å². The summed E-state index contributed by atoms with van der Waals surface area (Å²) in [6.07, 6.45) is -3.47. The molecule has 6 nitrogen and oxygen atoms in total. The summed E-state index contributed by atoms with van der Waals surface area (Å²) in [6.45, 7) is 3.76. The highest BCUT2D eigenvalue weighted by Gasteiger charge is 2.59. The van der Waals surface area contributed by atoms with Crippen LogP contribution in [0, 0.1) is 34.5 Å². The van der Waals surface area contributed by atoms with Crippen LogP contribution in [0.25, 0.3) is 10.9 Å². The monoisotopic (exact) mass is 549 g/mol. The van der Waals surface area contributed by atoms with Crippen LogP contribution in [-0.4, -0.2) is 34.2 Å². The van der Waals surface area contributed by atoms with Gasteiger partial charge in [-0.2, -0.15) is 18.4 Å². The van der Waals surface area contributed by atoms with Gasteiger partial charge in [-0.05, 0) is 42.7 Å². The third-order valence-corrected chi connectivity index (χ3v) is 8.18. The zero-order valence-electron chi connectivity index (χ0n) is 21.4. The van der Waals surface area contributed by atoms with Crippen molar-refractivity contribution in [2.45, 2.75) is 76.9 Å². The molecule has 2 aliphatic carbocycles. The molecule has 0 bridgehead atoms. The highest BCUT2D eigenvalue weighted by atomic mass is 35.5. The van der Waals surface area contributed by atoms with E-state index < -0.39 is 41.7 Å². The predicted molar refractivity (Wildman–Crippen MR) is 136 cm³/mol. The first-order chi connectivity index (χ1) is 17.7. The molecular formula is C28H31ClF3N3O3. The molecule has 0 unspecified atom stereocenters. The van der Waals surface area contributed by atoms with Crippen LogP contribution in [0.15, 0.2) is 24.3 Å². The summed E-state index contributed by atoms with van der Waals surface area (Å²) in [5, 5.41) is 12.8. The number of H-pyrrole nitrogens is 1. The number of benzene rings is 1. The quantitative estimate of drug-likeness (QED) is 0.347. The summed E-state index contributed by atoms with van der Waals surface area (Å²) < 4.78 is 43.1. The number of para-hydroxylation sites is 1. The number of nitriles is 1. The number of ketones is 2. The number of nitrogens with zero attached hydrogens (tertiary/aromatic N) is 1. The molecule has 2 N–H and O–H groups in total. The molecule has 2 saturated carbocycles. The van der Waals surface area contributed by atoms with Crippen molar-refractivity contribution in [3.8, 4) is 6.07 Å². The van der Waals surface area contributed by atoms with Crippen LogP contribution in [-0.2, 0) is 9.59 Å². The molecule has 1 amide bonds. The lowest BCUT2D eigenvalue weighted by atomic mass is 9.69. The Hall–Kier alpha value is -2.86. The Labute approximate surface area is 224 Å². The number of alkyl halides is 3.